The summed E-state index contributed by atoms with van der Waals surface area (Å²) in [5.74, 6) is 0.209. The molecule has 1 unspecified atom stereocenters. The van der Waals surface area contributed by atoms with E-state index in [4.69, 9.17) is 5.14 Å². The first kappa shape index (κ1) is 16.1. The fraction of sp³-hybridized carbons (Fsp3) is 0.417. The summed E-state index contributed by atoms with van der Waals surface area (Å²) in [6.07, 6.45) is 1.36. The highest BCUT2D eigenvalue weighted by molar-refractivity contribution is 9.10. The highest BCUT2D eigenvalue weighted by Gasteiger charge is 2.13. The van der Waals surface area contributed by atoms with E-state index in [9.17, 15) is 13.2 Å². The number of sulfonamides is 1. The van der Waals surface area contributed by atoms with Crippen molar-refractivity contribution in [3.8, 4) is 0 Å². The molecule has 19 heavy (non-hydrogen) atoms. The van der Waals surface area contributed by atoms with Crippen LogP contribution < -0.4 is 10.5 Å². The van der Waals surface area contributed by atoms with E-state index in [1.807, 2.05) is 13.8 Å². The second kappa shape index (κ2) is 6.49. The van der Waals surface area contributed by atoms with Crippen LogP contribution in [0, 0.1) is 5.92 Å². The van der Waals surface area contributed by atoms with Gasteiger partial charge in [-0.3, -0.25) is 4.79 Å². The van der Waals surface area contributed by atoms with E-state index in [1.165, 1.54) is 18.2 Å². The lowest BCUT2D eigenvalue weighted by Crippen LogP contribution is -2.16. The number of hydrogen-bond acceptors (Lipinski definition) is 3. The number of carbonyl (C=O) groups is 1. The SMILES string of the molecule is CCC(C)CC(=O)Nc1ccc(S(N)(=O)=O)cc1Br. The Morgan fingerprint density at radius 3 is 2.58 bits per heavy atom. The quantitative estimate of drug-likeness (QED) is 0.856. The second-order valence-electron chi connectivity index (χ2n) is 4.45. The summed E-state index contributed by atoms with van der Waals surface area (Å²) in [5.41, 5.74) is 0.528. The first-order chi connectivity index (χ1) is 8.74. The maximum Gasteiger partial charge on any atom is 0.238 e. The summed E-state index contributed by atoms with van der Waals surface area (Å²) in [6, 6.07) is 4.24. The summed E-state index contributed by atoms with van der Waals surface area (Å²) >= 11 is 3.22. The maximum absolute atomic E-state index is 11.7. The molecule has 1 aromatic rings. The molecule has 0 heterocycles. The molecule has 5 nitrogen and oxygen atoms in total. The number of nitrogens with one attached hydrogen (secondary N) is 1. The summed E-state index contributed by atoms with van der Waals surface area (Å²) in [6.45, 7) is 4.02. The zero-order valence-corrected chi connectivity index (χ0v) is 13.2. The van der Waals surface area contributed by atoms with E-state index in [1.54, 1.807) is 0 Å². The Morgan fingerprint density at radius 1 is 1.47 bits per heavy atom. The predicted molar refractivity (Wildman–Crippen MR) is 78.2 cm³/mol. The van der Waals surface area contributed by atoms with Gasteiger partial charge < -0.3 is 5.32 Å². The van der Waals surface area contributed by atoms with Gasteiger partial charge in [0.05, 0.1) is 10.6 Å². The first-order valence-corrected chi connectivity index (χ1v) is 8.20. The van der Waals surface area contributed by atoms with Gasteiger partial charge in [-0.2, -0.15) is 0 Å². The number of carbonyl (C=O) groups excluding carboxylic acids is 1. The van der Waals surface area contributed by atoms with Gasteiger partial charge in [-0.25, -0.2) is 13.6 Å². The van der Waals surface area contributed by atoms with Crippen LogP contribution in [-0.4, -0.2) is 14.3 Å². The molecule has 0 saturated carbocycles. The van der Waals surface area contributed by atoms with Gasteiger partial charge in [0.1, 0.15) is 0 Å². The third-order valence-corrected chi connectivity index (χ3v) is 4.34. The van der Waals surface area contributed by atoms with E-state index in [0.29, 0.717) is 22.5 Å². The molecule has 0 bridgehead atoms. The van der Waals surface area contributed by atoms with Crippen molar-refractivity contribution < 1.29 is 13.2 Å². The molecule has 0 aliphatic rings. The average molecular weight is 349 g/mol. The zero-order valence-electron chi connectivity index (χ0n) is 10.8. The molecule has 3 N–H and O–H groups in total. The van der Waals surface area contributed by atoms with Crippen LogP contribution >= 0.6 is 15.9 Å². The van der Waals surface area contributed by atoms with E-state index in [0.717, 1.165) is 6.42 Å². The molecule has 7 heteroatoms. The van der Waals surface area contributed by atoms with Gasteiger partial charge in [-0.05, 0) is 40.0 Å². The molecule has 0 aliphatic heterocycles. The van der Waals surface area contributed by atoms with Crippen LogP contribution in [0.3, 0.4) is 0 Å². The van der Waals surface area contributed by atoms with E-state index < -0.39 is 10.0 Å². The predicted octanol–water partition coefficient (Wildman–Crippen LogP) is 2.47. The largest absolute Gasteiger partial charge is 0.325 e. The molecular formula is C12H17BrN2O3S. The fourth-order valence-corrected chi connectivity index (χ4v) is 2.61. The highest BCUT2D eigenvalue weighted by Crippen LogP contribution is 2.25. The van der Waals surface area contributed by atoms with Crippen LogP contribution in [0.25, 0.3) is 0 Å². The van der Waals surface area contributed by atoms with Gasteiger partial charge in [-0.1, -0.05) is 20.3 Å². The number of hydrogen-bond donors (Lipinski definition) is 2. The van der Waals surface area contributed by atoms with Gasteiger partial charge in [0.15, 0.2) is 0 Å². The fourth-order valence-electron chi connectivity index (χ4n) is 1.44. The maximum atomic E-state index is 11.7. The molecule has 1 amide bonds. The lowest BCUT2D eigenvalue weighted by atomic mass is 10.1. The van der Waals surface area contributed by atoms with Crippen molar-refractivity contribution in [3.05, 3.63) is 22.7 Å². The third-order valence-electron chi connectivity index (χ3n) is 2.77. The number of halogens is 1. The summed E-state index contributed by atoms with van der Waals surface area (Å²) < 4.78 is 22.8. The molecular weight excluding hydrogens is 332 g/mol. The van der Waals surface area contributed by atoms with Gasteiger partial charge in [0.25, 0.3) is 0 Å². The standard InChI is InChI=1S/C12H17BrN2O3S/c1-3-8(2)6-12(16)15-11-5-4-9(7-10(11)13)19(14,17)18/h4-5,7-8H,3,6H2,1-2H3,(H,15,16)(H2,14,17,18). The van der Waals surface area contributed by atoms with Crippen molar-refractivity contribution in [1.29, 1.82) is 0 Å². The van der Waals surface area contributed by atoms with Gasteiger partial charge in [-0.15, -0.1) is 0 Å². The first-order valence-electron chi connectivity index (χ1n) is 5.86. The molecule has 0 fully saturated rings. The number of benzene rings is 1. The molecule has 0 aromatic heterocycles. The van der Waals surface area contributed by atoms with Crippen molar-refractivity contribution in [2.45, 2.75) is 31.6 Å². The molecule has 0 spiro atoms. The van der Waals surface area contributed by atoms with Crippen molar-refractivity contribution >= 4 is 37.5 Å². The molecule has 1 atom stereocenters. The van der Waals surface area contributed by atoms with E-state index >= 15 is 0 Å². The normalized spacial score (nSPS) is 13.1. The van der Waals surface area contributed by atoms with Crippen LogP contribution in [0.5, 0.6) is 0 Å². The third kappa shape index (κ3) is 4.93. The monoisotopic (exact) mass is 348 g/mol. The van der Waals surface area contributed by atoms with Crippen molar-refractivity contribution in [3.63, 3.8) is 0 Å². The number of nitrogens with two attached hydrogens (primary N) is 1. The van der Waals surface area contributed by atoms with Crippen molar-refractivity contribution in [2.75, 3.05) is 5.32 Å². The number of rotatable bonds is 5. The lowest BCUT2D eigenvalue weighted by molar-refractivity contribution is -0.117. The van der Waals surface area contributed by atoms with E-state index in [2.05, 4.69) is 21.2 Å². The smallest absolute Gasteiger partial charge is 0.238 e. The van der Waals surface area contributed by atoms with Crippen LogP contribution in [0.1, 0.15) is 26.7 Å². The molecule has 0 aliphatic carbocycles. The Kier molecular flexibility index (Phi) is 5.51. The van der Waals surface area contributed by atoms with Crippen LogP contribution in [-0.2, 0) is 14.8 Å². The molecule has 0 saturated heterocycles. The van der Waals surface area contributed by atoms with Crippen molar-refractivity contribution in [1.82, 2.24) is 0 Å². The molecule has 0 radical (unpaired) electrons. The second-order valence-corrected chi connectivity index (χ2v) is 6.87. The number of anilines is 1. The minimum absolute atomic E-state index is 0.000648. The molecule has 1 rings (SSSR count). The number of amides is 1. The van der Waals surface area contributed by atoms with E-state index in [-0.39, 0.29) is 10.8 Å². The minimum Gasteiger partial charge on any atom is -0.325 e. The summed E-state index contributed by atoms with van der Waals surface area (Å²) in [7, 11) is -3.74. The Labute approximate surface area is 121 Å². The van der Waals surface area contributed by atoms with Gasteiger partial charge in [0, 0.05) is 10.9 Å². The summed E-state index contributed by atoms with van der Waals surface area (Å²) in [5, 5.41) is 7.76. The van der Waals surface area contributed by atoms with Crippen molar-refractivity contribution in [2.24, 2.45) is 11.1 Å². The average Bonchev–Trinajstić information content (AvgIpc) is 2.30. The molecule has 1 aromatic carbocycles. The van der Waals surface area contributed by atoms with Gasteiger partial charge >= 0.3 is 0 Å². The Hall–Kier alpha value is -0.920. The van der Waals surface area contributed by atoms with Crippen LogP contribution in [0.15, 0.2) is 27.6 Å². The number of primary sulfonamides is 1. The highest BCUT2D eigenvalue weighted by atomic mass is 79.9. The Morgan fingerprint density at radius 2 is 2.11 bits per heavy atom. The van der Waals surface area contributed by atoms with Crippen LogP contribution in [0.4, 0.5) is 5.69 Å². The Bertz CT molecular complexity index is 572. The van der Waals surface area contributed by atoms with Gasteiger partial charge in [0.2, 0.25) is 15.9 Å². The van der Waals surface area contributed by atoms with Crippen LogP contribution in [0.2, 0.25) is 0 Å². The topological polar surface area (TPSA) is 89.3 Å². The zero-order chi connectivity index (χ0) is 14.6. The lowest BCUT2D eigenvalue weighted by Gasteiger charge is -2.11. The Balaban J connectivity index is 2.84. The summed E-state index contributed by atoms with van der Waals surface area (Å²) in [4.78, 5) is 11.7. The minimum atomic E-state index is -3.74. The molecule has 106 valence electrons.